The second-order valence-electron chi connectivity index (χ2n) is 5.18. The summed E-state index contributed by atoms with van der Waals surface area (Å²) in [5.74, 6) is 0.820. The summed E-state index contributed by atoms with van der Waals surface area (Å²) in [4.78, 5) is 18.4. The van der Waals surface area contributed by atoms with Gasteiger partial charge in [0.25, 0.3) is 0 Å². The Kier molecular flexibility index (Phi) is 4.73. The van der Waals surface area contributed by atoms with Crippen LogP contribution in [0, 0.1) is 6.92 Å². The van der Waals surface area contributed by atoms with Crippen LogP contribution in [0.25, 0.3) is 6.08 Å². The molecule has 1 unspecified atom stereocenters. The predicted molar refractivity (Wildman–Crippen MR) is 84.8 cm³/mol. The van der Waals surface area contributed by atoms with Crippen molar-refractivity contribution in [3.8, 4) is 0 Å². The molecule has 0 spiro atoms. The van der Waals surface area contributed by atoms with E-state index in [0.29, 0.717) is 36.5 Å². The maximum Gasteiger partial charge on any atom is 0.247 e. The first-order valence-corrected chi connectivity index (χ1v) is 7.63. The summed E-state index contributed by atoms with van der Waals surface area (Å²) in [6.45, 7) is 3.06. The summed E-state index contributed by atoms with van der Waals surface area (Å²) in [7, 11) is 0. The maximum absolute atomic E-state index is 12.5. The SMILES string of the molecule is Cc1nc(C2COCCN2C(=O)C=Cc2ccc(Cl)cc2)no1. The summed E-state index contributed by atoms with van der Waals surface area (Å²) in [5.41, 5.74) is 0.906. The van der Waals surface area contributed by atoms with Crippen molar-refractivity contribution in [2.24, 2.45) is 0 Å². The van der Waals surface area contributed by atoms with Crippen LogP contribution < -0.4 is 0 Å². The van der Waals surface area contributed by atoms with Crippen molar-refractivity contribution in [3.63, 3.8) is 0 Å². The van der Waals surface area contributed by atoms with E-state index in [2.05, 4.69) is 10.1 Å². The van der Waals surface area contributed by atoms with Crippen LogP contribution in [0.15, 0.2) is 34.9 Å². The fourth-order valence-electron chi connectivity index (χ4n) is 2.37. The number of aryl methyl sites for hydroxylation is 1. The van der Waals surface area contributed by atoms with E-state index < -0.39 is 0 Å². The van der Waals surface area contributed by atoms with Gasteiger partial charge in [-0.15, -0.1) is 0 Å². The second-order valence-corrected chi connectivity index (χ2v) is 5.62. The van der Waals surface area contributed by atoms with Crippen LogP contribution in [0.2, 0.25) is 5.02 Å². The molecular weight excluding hydrogens is 318 g/mol. The molecular formula is C16H16ClN3O3. The average molecular weight is 334 g/mol. The molecule has 23 heavy (non-hydrogen) atoms. The normalized spacial score (nSPS) is 18.5. The Labute approximate surface area is 138 Å². The van der Waals surface area contributed by atoms with E-state index in [0.717, 1.165) is 5.56 Å². The molecule has 1 aromatic carbocycles. The number of amides is 1. The quantitative estimate of drug-likeness (QED) is 0.808. The smallest absolute Gasteiger partial charge is 0.247 e. The Hall–Kier alpha value is -2.18. The Bertz CT molecular complexity index is 712. The van der Waals surface area contributed by atoms with Crippen LogP contribution in [0.1, 0.15) is 23.3 Å². The number of halogens is 1. The zero-order valence-corrected chi connectivity index (χ0v) is 13.4. The second kappa shape index (κ2) is 6.93. The molecule has 1 saturated heterocycles. The van der Waals surface area contributed by atoms with Gasteiger partial charge in [0, 0.05) is 24.6 Å². The first-order chi connectivity index (χ1) is 11.1. The minimum Gasteiger partial charge on any atom is -0.377 e. The average Bonchev–Trinajstić information content (AvgIpc) is 3.00. The van der Waals surface area contributed by atoms with Crippen molar-refractivity contribution < 1.29 is 14.1 Å². The van der Waals surface area contributed by atoms with Crippen LogP contribution in [0.3, 0.4) is 0 Å². The number of carbonyl (C=O) groups is 1. The van der Waals surface area contributed by atoms with Crippen LogP contribution in [0.5, 0.6) is 0 Å². The lowest BCUT2D eigenvalue weighted by Gasteiger charge is -2.32. The highest BCUT2D eigenvalue weighted by molar-refractivity contribution is 6.30. The van der Waals surface area contributed by atoms with Crippen LogP contribution >= 0.6 is 11.6 Å². The van der Waals surface area contributed by atoms with Crippen molar-refractivity contribution in [1.82, 2.24) is 15.0 Å². The fourth-order valence-corrected chi connectivity index (χ4v) is 2.49. The van der Waals surface area contributed by atoms with E-state index in [1.807, 2.05) is 12.1 Å². The fraction of sp³-hybridized carbons (Fsp3) is 0.312. The first kappa shape index (κ1) is 15.7. The Morgan fingerprint density at radius 3 is 2.87 bits per heavy atom. The van der Waals surface area contributed by atoms with Crippen molar-refractivity contribution in [2.45, 2.75) is 13.0 Å². The van der Waals surface area contributed by atoms with Crippen LogP contribution in [0.4, 0.5) is 0 Å². The van der Waals surface area contributed by atoms with Gasteiger partial charge < -0.3 is 14.2 Å². The standard InChI is InChI=1S/C16H16ClN3O3/c1-11-18-16(19-23-11)14-10-22-9-8-20(14)15(21)7-4-12-2-5-13(17)6-3-12/h2-7,14H,8-10H2,1H3. The van der Waals surface area contributed by atoms with Gasteiger partial charge in [-0.25, -0.2) is 0 Å². The van der Waals surface area contributed by atoms with Gasteiger partial charge in [-0.05, 0) is 23.8 Å². The molecule has 120 valence electrons. The third-order valence-corrected chi connectivity index (χ3v) is 3.79. The zero-order chi connectivity index (χ0) is 16.2. The van der Waals surface area contributed by atoms with E-state index in [1.54, 1.807) is 30.0 Å². The molecule has 2 heterocycles. The van der Waals surface area contributed by atoms with Gasteiger partial charge in [0.2, 0.25) is 11.8 Å². The third-order valence-electron chi connectivity index (χ3n) is 3.54. The molecule has 1 atom stereocenters. The van der Waals surface area contributed by atoms with Gasteiger partial charge in [-0.1, -0.05) is 28.9 Å². The largest absolute Gasteiger partial charge is 0.377 e. The molecule has 7 heteroatoms. The van der Waals surface area contributed by atoms with E-state index >= 15 is 0 Å². The van der Waals surface area contributed by atoms with Crippen LogP contribution in [-0.4, -0.2) is 40.7 Å². The molecule has 1 amide bonds. The van der Waals surface area contributed by atoms with Crippen molar-refractivity contribution in [2.75, 3.05) is 19.8 Å². The van der Waals surface area contributed by atoms with E-state index in [-0.39, 0.29) is 11.9 Å². The molecule has 0 radical (unpaired) electrons. The molecule has 1 aliphatic heterocycles. The number of benzene rings is 1. The van der Waals surface area contributed by atoms with Crippen molar-refractivity contribution >= 4 is 23.6 Å². The summed E-state index contributed by atoms with van der Waals surface area (Å²) in [6, 6.07) is 6.94. The number of carbonyl (C=O) groups excluding carboxylic acids is 1. The van der Waals surface area contributed by atoms with Crippen LogP contribution in [-0.2, 0) is 9.53 Å². The van der Waals surface area contributed by atoms with Gasteiger partial charge in [0.1, 0.15) is 6.04 Å². The van der Waals surface area contributed by atoms with Crippen molar-refractivity contribution in [3.05, 3.63) is 52.6 Å². The summed E-state index contributed by atoms with van der Waals surface area (Å²) < 4.78 is 10.4. The number of nitrogens with zero attached hydrogens (tertiary/aromatic N) is 3. The Morgan fingerprint density at radius 2 is 2.17 bits per heavy atom. The summed E-state index contributed by atoms with van der Waals surface area (Å²) >= 11 is 5.85. The van der Waals surface area contributed by atoms with Gasteiger partial charge in [-0.3, -0.25) is 4.79 Å². The molecule has 0 saturated carbocycles. The van der Waals surface area contributed by atoms with Gasteiger partial charge in [0.15, 0.2) is 5.82 Å². The molecule has 1 fully saturated rings. The minimum atomic E-state index is -0.330. The van der Waals surface area contributed by atoms with Gasteiger partial charge in [-0.2, -0.15) is 4.98 Å². The van der Waals surface area contributed by atoms with Gasteiger partial charge >= 0.3 is 0 Å². The third kappa shape index (κ3) is 3.78. The number of aromatic nitrogens is 2. The topological polar surface area (TPSA) is 68.5 Å². The van der Waals surface area contributed by atoms with E-state index in [4.69, 9.17) is 20.9 Å². The Balaban J connectivity index is 1.74. The number of morpholine rings is 1. The number of hydrogen-bond acceptors (Lipinski definition) is 5. The lowest BCUT2D eigenvalue weighted by Crippen LogP contribution is -2.43. The molecule has 6 nitrogen and oxygen atoms in total. The monoisotopic (exact) mass is 333 g/mol. The number of ether oxygens (including phenoxy) is 1. The number of hydrogen-bond donors (Lipinski definition) is 0. The number of rotatable bonds is 3. The molecule has 0 N–H and O–H groups in total. The lowest BCUT2D eigenvalue weighted by atomic mass is 10.2. The highest BCUT2D eigenvalue weighted by Crippen LogP contribution is 2.22. The summed E-state index contributed by atoms with van der Waals surface area (Å²) in [6.07, 6.45) is 3.29. The molecule has 1 aromatic heterocycles. The lowest BCUT2D eigenvalue weighted by molar-refractivity contribution is -0.135. The molecule has 0 bridgehead atoms. The highest BCUT2D eigenvalue weighted by atomic mass is 35.5. The van der Waals surface area contributed by atoms with E-state index in [9.17, 15) is 4.79 Å². The van der Waals surface area contributed by atoms with E-state index in [1.165, 1.54) is 6.08 Å². The highest BCUT2D eigenvalue weighted by Gasteiger charge is 2.30. The van der Waals surface area contributed by atoms with Gasteiger partial charge in [0.05, 0.1) is 13.2 Å². The molecule has 2 aromatic rings. The predicted octanol–water partition coefficient (Wildman–Crippen LogP) is 2.64. The maximum atomic E-state index is 12.5. The Morgan fingerprint density at radius 1 is 1.39 bits per heavy atom. The minimum absolute atomic E-state index is 0.115. The van der Waals surface area contributed by atoms with Crippen molar-refractivity contribution in [1.29, 1.82) is 0 Å². The molecule has 1 aliphatic rings. The molecule has 3 rings (SSSR count). The zero-order valence-electron chi connectivity index (χ0n) is 12.6. The summed E-state index contributed by atoms with van der Waals surface area (Å²) in [5, 5.41) is 4.56. The molecule has 0 aliphatic carbocycles. The first-order valence-electron chi connectivity index (χ1n) is 7.25.